The van der Waals surface area contributed by atoms with Gasteiger partial charge in [0.05, 0.1) is 25.9 Å². The number of carbonyl (C=O) groups excluding carboxylic acids is 2. The molecule has 0 unspecified atom stereocenters. The Bertz CT molecular complexity index is 1040. The SMILES string of the molecule is COC(=O)CC[C@@H](C)[C@H]1CC[C@H]2[C@@H]3[C@H](O)C[C@@H]4C[C@H](OC(C)=O)CC[C@]4(C)[C@H]3C[C@H](OCc3ccccc3)[C@]12C. The summed E-state index contributed by atoms with van der Waals surface area (Å²) in [5.74, 6) is 1.82. The molecule has 0 bridgehead atoms. The summed E-state index contributed by atoms with van der Waals surface area (Å²) in [6.07, 6.45) is 7.70. The van der Waals surface area contributed by atoms with E-state index in [1.54, 1.807) is 0 Å². The Morgan fingerprint density at radius 2 is 1.80 bits per heavy atom. The largest absolute Gasteiger partial charge is 0.469 e. The van der Waals surface area contributed by atoms with Crippen LogP contribution >= 0.6 is 0 Å². The van der Waals surface area contributed by atoms with Crippen molar-refractivity contribution >= 4 is 11.9 Å². The molecule has 0 saturated heterocycles. The van der Waals surface area contributed by atoms with E-state index in [9.17, 15) is 14.7 Å². The van der Waals surface area contributed by atoms with Crippen molar-refractivity contribution in [1.82, 2.24) is 0 Å². The molecule has 6 nitrogen and oxygen atoms in total. The van der Waals surface area contributed by atoms with E-state index in [0.29, 0.717) is 42.6 Å². The molecular weight excluding hydrogens is 504 g/mol. The number of rotatable bonds is 8. The average molecular weight is 555 g/mol. The number of fused-ring (bicyclic) bond motifs is 5. The second kappa shape index (κ2) is 11.8. The monoisotopic (exact) mass is 554 g/mol. The number of methoxy groups -OCH3 is 1. The molecule has 0 aliphatic heterocycles. The molecule has 0 radical (unpaired) electrons. The van der Waals surface area contributed by atoms with Gasteiger partial charge in [0.25, 0.3) is 0 Å². The van der Waals surface area contributed by atoms with Gasteiger partial charge in [0.2, 0.25) is 0 Å². The Balaban J connectivity index is 1.44. The molecule has 0 amide bonds. The fourth-order valence-corrected chi connectivity index (χ4v) is 10.1. The first-order valence-corrected chi connectivity index (χ1v) is 15.7. The molecule has 5 rings (SSSR count). The van der Waals surface area contributed by atoms with Crippen molar-refractivity contribution in [3.63, 3.8) is 0 Å². The Labute approximate surface area is 240 Å². The molecule has 0 aromatic heterocycles. The van der Waals surface area contributed by atoms with Crippen LogP contribution in [0.2, 0.25) is 0 Å². The second-order valence-corrected chi connectivity index (χ2v) is 14.0. The molecule has 4 saturated carbocycles. The van der Waals surface area contributed by atoms with Crippen LogP contribution in [0.1, 0.15) is 91.0 Å². The number of carbonyl (C=O) groups is 2. The van der Waals surface area contributed by atoms with Gasteiger partial charge in [0.15, 0.2) is 0 Å². The van der Waals surface area contributed by atoms with Crippen LogP contribution in [-0.4, -0.2) is 42.5 Å². The number of aliphatic hydroxyl groups is 1. The predicted molar refractivity (Wildman–Crippen MR) is 153 cm³/mol. The molecule has 6 heteroatoms. The highest BCUT2D eigenvalue weighted by Gasteiger charge is 2.66. The molecule has 11 atom stereocenters. The van der Waals surface area contributed by atoms with Gasteiger partial charge in [0.1, 0.15) is 6.10 Å². The van der Waals surface area contributed by atoms with E-state index in [1.165, 1.54) is 19.6 Å². The van der Waals surface area contributed by atoms with Gasteiger partial charge in [-0.1, -0.05) is 51.1 Å². The van der Waals surface area contributed by atoms with Gasteiger partial charge in [-0.05, 0) is 97.9 Å². The third kappa shape index (κ3) is 5.35. The van der Waals surface area contributed by atoms with Gasteiger partial charge in [-0.15, -0.1) is 0 Å². The van der Waals surface area contributed by atoms with E-state index in [4.69, 9.17) is 14.2 Å². The highest BCUT2D eigenvalue weighted by Crippen LogP contribution is 2.69. The average Bonchev–Trinajstić information content (AvgIpc) is 3.29. The Morgan fingerprint density at radius 1 is 1.05 bits per heavy atom. The molecule has 40 heavy (non-hydrogen) atoms. The molecular formula is C34H50O6. The van der Waals surface area contributed by atoms with E-state index >= 15 is 0 Å². The number of benzene rings is 1. The minimum Gasteiger partial charge on any atom is -0.469 e. The maximum Gasteiger partial charge on any atom is 0.305 e. The summed E-state index contributed by atoms with van der Waals surface area (Å²) in [6.45, 7) is 9.28. The molecule has 0 spiro atoms. The number of ether oxygens (including phenoxy) is 3. The number of hydrogen-bond acceptors (Lipinski definition) is 6. The van der Waals surface area contributed by atoms with Gasteiger partial charge in [-0.2, -0.15) is 0 Å². The lowest BCUT2D eigenvalue weighted by Crippen LogP contribution is -2.62. The summed E-state index contributed by atoms with van der Waals surface area (Å²) in [6, 6.07) is 10.4. The van der Waals surface area contributed by atoms with E-state index in [-0.39, 0.29) is 47.0 Å². The lowest BCUT2D eigenvalue weighted by Gasteiger charge is -2.64. The van der Waals surface area contributed by atoms with Gasteiger partial charge in [-0.3, -0.25) is 9.59 Å². The minimum absolute atomic E-state index is 0.0372. The maximum atomic E-state index is 12.0. The zero-order chi connectivity index (χ0) is 28.7. The quantitative estimate of drug-likeness (QED) is 0.378. The van der Waals surface area contributed by atoms with Crippen molar-refractivity contribution in [3.8, 4) is 0 Å². The Morgan fingerprint density at radius 3 is 2.50 bits per heavy atom. The first-order valence-electron chi connectivity index (χ1n) is 15.7. The van der Waals surface area contributed by atoms with Crippen LogP contribution in [0.5, 0.6) is 0 Å². The van der Waals surface area contributed by atoms with Crippen LogP contribution in [-0.2, 0) is 30.4 Å². The summed E-state index contributed by atoms with van der Waals surface area (Å²) >= 11 is 0. The Kier molecular flexibility index (Phi) is 8.69. The highest BCUT2D eigenvalue weighted by atomic mass is 16.5. The van der Waals surface area contributed by atoms with Crippen molar-refractivity contribution in [1.29, 1.82) is 0 Å². The van der Waals surface area contributed by atoms with Gasteiger partial charge in [0, 0.05) is 18.8 Å². The normalized spacial score (nSPS) is 41.2. The lowest BCUT2D eigenvalue weighted by molar-refractivity contribution is -0.221. The van der Waals surface area contributed by atoms with E-state index in [0.717, 1.165) is 51.4 Å². The van der Waals surface area contributed by atoms with E-state index in [1.807, 2.05) is 6.07 Å². The standard InChI is InChI=1S/C34H50O6/c1-21(11-14-31(37)38-5)26-12-13-27-32-28(19-30(34(26,27)4)39-20-23-9-7-6-8-10-23)33(3)16-15-25(40-22(2)35)17-24(33)18-29(32)36/h6-10,21,24-30,32,36H,11-20H2,1-5H3/t21-,24+,25-,26-,27+,28+,29-,30+,32+,33+,34-/m1/s1. The lowest BCUT2D eigenvalue weighted by atomic mass is 9.43. The zero-order valence-corrected chi connectivity index (χ0v) is 25.1. The first-order chi connectivity index (χ1) is 19.1. The van der Waals surface area contributed by atoms with Gasteiger partial charge < -0.3 is 19.3 Å². The van der Waals surface area contributed by atoms with Gasteiger partial charge in [-0.25, -0.2) is 0 Å². The summed E-state index contributed by atoms with van der Waals surface area (Å²) < 4.78 is 17.6. The fourth-order valence-electron chi connectivity index (χ4n) is 10.1. The topological polar surface area (TPSA) is 82.1 Å². The molecule has 1 aromatic rings. The van der Waals surface area contributed by atoms with Crippen LogP contribution in [0.3, 0.4) is 0 Å². The molecule has 1 aromatic carbocycles. The molecule has 4 aliphatic rings. The molecule has 222 valence electrons. The van der Waals surface area contributed by atoms with Crippen LogP contribution in [0.4, 0.5) is 0 Å². The van der Waals surface area contributed by atoms with Crippen molar-refractivity contribution in [3.05, 3.63) is 35.9 Å². The summed E-state index contributed by atoms with van der Waals surface area (Å²) in [5.41, 5.74) is 1.22. The van der Waals surface area contributed by atoms with Crippen LogP contribution < -0.4 is 0 Å². The first kappa shape index (κ1) is 29.6. The molecule has 4 fully saturated rings. The second-order valence-electron chi connectivity index (χ2n) is 14.0. The van der Waals surface area contributed by atoms with Crippen LogP contribution in [0, 0.1) is 46.3 Å². The maximum absolute atomic E-state index is 12.0. The number of aliphatic hydroxyl groups excluding tert-OH is 1. The van der Waals surface area contributed by atoms with Crippen molar-refractivity contribution in [2.24, 2.45) is 46.3 Å². The number of esters is 2. The molecule has 4 aliphatic carbocycles. The highest BCUT2D eigenvalue weighted by molar-refractivity contribution is 5.69. The summed E-state index contributed by atoms with van der Waals surface area (Å²) in [5, 5.41) is 11.8. The van der Waals surface area contributed by atoms with Crippen molar-refractivity contribution < 1.29 is 28.9 Å². The van der Waals surface area contributed by atoms with E-state index < -0.39 is 0 Å². The third-order valence-corrected chi connectivity index (χ3v) is 12.1. The number of hydrogen-bond donors (Lipinski definition) is 1. The zero-order valence-electron chi connectivity index (χ0n) is 25.1. The molecule has 0 heterocycles. The minimum atomic E-state index is -0.345. The Hall–Kier alpha value is -1.92. The van der Waals surface area contributed by atoms with Crippen molar-refractivity contribution in [2.75, 3.05) is 7.11 Å². The van der Waals surface area contributed by atoms with Gasteiger partial charge >= 0.3 is 11.9 Å². The third-order valence-electron chi connectivity index (χ3n) is 12.1. The van der Waals surface area contributed by atoms with Crippen LogP contribution in [0.15, 0.2) is 30.3 Å². The summed E-state index contributed by atoms with van der Waals surface area (Å²) in [4.78, 5) is 23.7. The van der Waals surface area contributed by atoms with Crippen molar-refractivity contribution in [2.45, 2.75) is 110 Å². The smallest absolute Gasteiger partial charge is 0.305 e. The predicted octanol–water partition coefficient (Wildman–Crippen LogP) is 6.33. The van der Waals surface area contributed by atoms with Crippen LogP contribution in [0.25, 0.3) is 0 Å². The molecule has 1 N–H and O–H groups in total. The fraction of sp³-hybridized carbons (Fsp3) is 0.765. The van der Waals surface area contributed by atoms with E-state index in [2.05, 4.69) is 45.0 Å². The summed E-state index contributed by atoms with van der Waals surface area (Å²) in [7, 11) is 1.46.